The Morgan fingerprint density at radius 3 is 2.72 bits per heavy atom. The van der Waals surface area contributed by atoms with E-state index >= 15 is 0 Å². The number of hydrogen-bond acceptors (Lipinski definition) is 6. The van der Waals surface area contributed by atoms with E-state index < -0.39 is 0 Å². The van der Waals surface area contributed by atoms with Gasteiger partial charge in [0.25, 0.3) is 0 Å². The van der Waals surface area contributed by atoms with Gasteiger partial charge in [0, 0.05) is 31.6 Å². The summed E-state index contributed by atoms with van der Waals surface area (Å²) in [5.41, 5.74) is 2.45. The van der Waals surface area contributed by atoms with Crippen molar-refractivity contribution in [3.8, 4) is 0 Å². The average molecular weight is 346 g/mol. The van der Waals surface area contributed by atoms with E-state index in [4.69, 9.17) is 9.97 Å². The first-order chi connectivity index (χ1) is 12.0. The Balaban J connectivity index is 1.80. The third-order valence-corrected chi connectivity index (χ3v) is 5.35. The second-order valence-electron chi connectivity index (χ2n) is 7.42. The van der Waals surface area contributed by atoms with Gasteiger partial charge in [-0.2, -0.15) is 4.98 Å². The summed E-state index contributed by atoms with van der Waals surface area (Å²) in [6.45, 7) is 6.42. The van der Waals surface area contributed by atoms with Crippen LogP contribution < -0.4 is 20.9 Å². The van der Waals surface area contributed by atoms with Crippen molar-refractivity contribution in [3.63, 3.8) is 0 Å². The fourth-order valence-corrected chi connectivity index (χ4v) is 4.01. The van der Waals surface area contributed by atoms with E-state index in [1.807, 2.05) is 7.05 Å². The molecule has 1 fully saturated rings. The van der Waals surface area contributed by atoms with Gasteiger partial charge in [0.1, 0.15) is 5.82 Å². The van der Waals surface area contributed by atoms with Crippen molar-refractivity contribution >= 4 is 17.7 Å². The zero-order chi connectivity index (χ0) is 18.0. The zero-order valence-electron chi connectivity index (χ0n) is 15.7. The molecule has 1 amide bonds. The molecule has 0 bridgehead atoms. The Kier molecular flexibility index (Phi) is 5.42. The van der Waals surface area contributed by atoms with Gasteiger partial charge >= 0.3 is 0 Å². The fraction of sp³-hybridized carbons (Fsp3) is 0.722. The molecule has 7 heteroatoms. The van der Waals surface area contributed by atoms with Crippen molar-refractivity contribution in [3.05, 3.63) is 11.3 Å². The SMILES string of the molecule is CNCC(=O)N[C@@H]1CN(c2nc3c(c(NC)n2)CCC3)C[C@H]1C(C)C. The highest BCUT2D eigenvalue weighted by atomic mass is 16.2. The van der Waals surface area contributed by atoms with Crippen molar-refractivity contribution in [2.75, 3.05) is 43.9 Å². The summed E-state index contributed by atoms with van der Waals surface area (Å²) >= 11 is 0. The van der Waals surface area contributed by atoms with Gasteiger partial charge in [-0.3, -0.25) is 4.79 Å². The molecule has 0 radical (unpaired) electrons. The van der Waals surface area contributed by atoms with Crippen LogP contribution >= 0.6 is 0 Å². The van der Waals surface area contributed by atoms with E-state index in [0.29, 0.717) is 18.4 Å². The Bertz CT molecular complexity index is 632. The summed E-state index contributed by atoms with van der Waals surface area (Å²) in [5, 5.41) is 9.32. The van der Waals surface area contributed by atoms with Crippen LogP contribution in [0.15, 0.2) is 0 Å². The van der Waals surface area contributed by atoms with E-state index in [2.05, 4.69) is 34.7 Å². The van der Waals surface area contributed by atoms with E-state index in [0.717, 1.165) is 44.1 Å². The molecule has 0 unspecified atom stereocenters. The molecule has 1 saturated heterocycles. The number of carbonyl (C=O) groups excluding carboxylic acids is 1. The normalized spacial score (nSPS) is 22.4. The quantitative estimate of drug-likeness (QED) is 0.707. The molecule has 1 aromatic rings. The molecular formula is C18H30N6O. The van der Waals surface area contributed by atoms with Crippen LogP contribution in [0, 0.1) is 11.8 Å². The van der Waals surface area contributed by atoms with Gasteiger partial charge in [-0.25, -0.2) is 4.98 Å². The Morgan fingerprint density at radius 2 is 2.04 bits per heavy atom. The van der Waals surface area contributed by atoms with Crippen molar-refractivity contribution in [1.29, 1.82) is 0 Å². The highest BCUT2D eigenvalue weighted by molar-refractivity contribution is 5.78. The van der Waals surface area contributed by atoms with Crippen LogP contribution in [0.1, 0.15) is 31.5 Å². The molecule has 0 spiro atoms. The number of nitrogens with one attached hydrogen (secondary N) is 3. The van der Waals surface area contributed by atoms with Gasteiger partial charge in [-0.1, -0.05) is 13.8 Å². The minimum absolute atomic E-state index is 0.0470. The van der Waals surface area contributed by atoms with E-state index in [1.54, 1.807) is 7.05 Å². The lowest BCUT2D eigenvalue weighted by molar-refractivity contribution is -0.121. The molecular weight excluding hydrogens is 316 g/mol. The van der Waals surface area contributed by atoms with Gasteiger partial charge in [0.05, 0.1) is 18.3 Å². The molecule has 25 heavy (non-hydrogen) atoms. The molecule has 2 atom stereocenters. The number of fused-ring (bicyclic) bond motifs is 1. The first-order valence-electron chi connectivity index (χ1n) is 9.30. The lowest BCUT2D eigenvalue weighted by Crippen LogP contribution is -2.45. The maximum Gasteiger partial charge on any atom is 0.234 e. The molecule has 0 aromatic carbocycles. The number of rotatable bonds is 6. The highest BCUT2D eigenvalue weighted by Gasteiger charge is 2.37. The molecule has 1 aliphatic heterocycles. The Labute approximate surface area is 150 Å². The summed E-state index contributed by atoms with van der Waals surface area (Å²) in [5.74, 6) is 2.69. The predicted molar refractivity (Wildman–Crippen MR) is 100 cm³/mol. The van der Waals surface area contributed by atoms with Crippen LogP contribution in [-0.2, 0) is 17.6 Å². The molecule has 0 saturated carbocycles. The van der Waals surface area contributed by atoms with Gasteiger partial charge in [-0.05, 0) is 32.2 Å². The van der Waals surface area contributed by atoms with Gasteiger partial charge in [-0.15, -0.1) is 0 Å². The molecule has 1 aliphatic carbocycles. The third-order valence-electron chi connectivity index (χ3n) is 5.35. The van der Waals surface area contributed by atoms with E-state index in [1.165, 1.54) is 11.3 Å². The molecule has 1 aromatic heterocycles. The molecule has 138 valence electrons. The van der Waals surface area contributed by atoms with Crippen molar-refractivity contribution < 1.29 is 4.79 Å². The first kappa shape index (κ1) is 17.9. The van der Waals surface area contributed by atoms with Crippen LogP contribution in [0.2, 0.25) is 0 Å². The van der Waals surface area contributed by atoms with Crippen LogP contribution in [0.5, 0.6) is 0 Å². The van der Waals surface area contributed by atoms with E-state index in [-0.39, 0.29) is 11.9 Å². The number of hydrogen-bond donors (Lipinski definition) is 3. The van der Waals surface area contributed by atoms with Crippen LogP contribution in [0.3, 0.4) is 0 Å². The number of aromatic nitrogens is 2. The molecule has 3 N–H and O–H groups in total. The monoisotopic (exact) mass is 346 g/mol. The van der Waals surface area contributed by atoms with Gasteiger partial charge in [0.15, 0.2) is 0 Å². The number of amides is 1. The van der Waals surface area contributed by atoms with E-state index in [9.17, 15) is 4.79 Å². The number of aryl methyl sites for hydroxylation is 1. The lowest BCUT2D eigenvalue weighted by Gasteiger charge is -2.22. The Morgan fingerprint density at radius 1 is 1.24 bits per heavy atom. The highest BCUT2D eigenvalue weighted by Crippen LogP contribution is 2.31. The average Bonchev–Trinajstić information content (AvgIpc) is 3.20. The number of likely N-dealkylation sites (N-methyl/N-ethyl adjacent to an activating group) is 1. The summed E-state index contributed by atoms with van der Waals surface area (Å²) in [4.78, 5) is 23.9. The fourth-order valence-electron chi connectivity index (χ4n) is 4.01. The molecule has 2 aliphatic rings. The van der Waals surface area contributed by atoms with Gasteiger partial charge < -0.3 is 20.9 Å². The predicted octanol–water partition coefficient (Wildman–Crippen LogP) is 0.803. The van der Waals surface area contributed by atoms with Crippen LogP contribution in [0.25, 0.3) is 0 Å². The van der Waals surface area contributed by atoms with Crippen molar-refractivity contribution in [2.24, 2.45) is 11.8 Å². The molecule has 2 heterocycles. The number of carbonyl (C=O) groups is 1. The summed E-state index contributed by atoms with van der Waals surface area (Å²) < 4.78 is 0. The van der Waals surface area contributed by atoms with Crippen LogP contribution in [0.4, 0.5) is 11.8 Å². The third kappa shape index (κ3) is 3.71. The van der Waals surface area contributed by atoms with Crippen LogP contribution in [-0.4, -0.2) is 55.6 Å². The molecule has 7 nitrogen and oxygen atoms in total. The zero-order valence-corrected chi connectivity index (χ0v) is 15.7. The summed E-state index contributed by atoms with van der Waals surface area (Å²) in [7, 11) is 3.71. The topological polar surface area (TPSA) is 82.2 Å². The van der Waals surface area contributed by atoms with Gasteiger partial charge in [0.2, 0.25) is 11.9 Å². The molecule has 3 rings (SSSR count). The lowest BCUT2D eigenvalue weighted by atomic mass is 9.91. The number of anilines is 2. The maximum atomic E-state index is 12.0. The summed E-state index contributed by atoms with van der Waals surface area (Å²) in [6.07, 6.45) is 3.24. The second-order valence-corrected chi connectivity index (χ2v) is 7.42. The largest absolute Gasteiger partial charge is 0.373 e. The standard InChI is InChI=1S/C18H30N6O/c1-11(2)13-9-24(10-15(13)21-16(25)8-19-3)18-22-14-7-5-6-12(14)17(20-4)23-18/h11,13,15,19H,5-10H2,1-4H3,(H,21,25)(H,20,22,23)/t13-,15+/m0/s1. The smallest absolute Gasteiger partial charge is 0.234 e. The minimum Gasteiger partial charge on any atom is -0.373 e. The number of nitrogens with zero attached hydrogens (tertiary/aromatic N) is 3. The van der Waals surface area contributed by atoms with Crippen molar-refractivity contribution in [2.45, 2.75) is 39.2 Å². The Hall–Kier alpha value is -1.89. The minimum atomic E-state index is 0.0470. The second kappa shape index (κ2) is 7.56. The summed E-state index contributed by atoms with van der Waals surface area (Å²) in [6, 6.07) is 0.135. The van der Waals surface area contributed by atoms with Crippen molar-refractivity contribution in [1.82, 2.24) is 20.6 Å². The first-order valence-corrected chi connectivity index (χ1v) is 9.30. The maximum absolute atomic E-state index is 12.0.